The Kier molecular flexibility index (Phi) is 5.97. The predicted molar refractivity (Wildman–Crippen MR) is 82.2 cm³/mol. The van der Waals surface area contributed by atoms with Crippen molar-refractivity contribution in [2.75, 3.05) is 7.11 Å². The van der Waals surface area contributed by atoms with E-state index in [9.17, 15) is 30.3 Å². The molecule has 2 amide bonds. The molecule has 7 N–H and O–H groups in total. The van der Waals surface area contributed by atoms with Gasteiger partial charge in [0.1, 0.15) is 36.3 Å². The standard InChI is InChI=1S/C15H22N2O7/c1-24-8-5-3-2-4-7(8)6-16-15(23)17-9-10(18)12(20)14(22)13(21)11(9)19/h2-5,9-14,18-22H,6H2,1H3,(H2,16,17,23)/t9?,10-,11+,12+,13-,14?. The Morgan fingerprint density at radius 1 is 1.00 bits per heavy atom. The fourth-order valence-electron chi connectivity index (χ4n) is 2.63. The number of carbonyl (C=O) groups is 1. The van der Waals surface area contributed by atoms with Gasteiger partial charge in [0.15, 0.2) is 0 Å². The molecule has 0 spiro atoms. The lowest BCUT2D eigenvalue weighted by molar-refractivity contribution is -0.188. The molecule has 0 aromatic heterocycles. The minimum Gasteiger partial charge on any atom is -0.496 e. The van der Waals surface area contributed by atoms with Crippen molar-refractivity contribution in [3.8, 4) is 5.75 Å². The van der Waals surface area contributed by atoms with Crippen molar-refractivity contribution < 1.29 is 35.1 Å². The molecule has 0 heterocycles. The van der Waals surface area contributed by atoms with Crippen LogP contribution in [0, 0.1) is 0 Å². The van der Waals surface area contributed by atoms with Gasteiger partial charge in [0.2, 0.25) is 0 Å². The fraction of sp³-hybridized carbons (Fsp3) is 0.533. The normalized spacial score (nSPS) is 32.9. The van der Waals surface area contributed by atoms with Crippen molar-refractivity contribution in [3.63, 3.8) is 0 Å². The summed E-state index contributed by atoms with van der Waals surface area (Å²) < 4.78 is 5.16. The van der Waals surface area contributed by atoms with E-state index in [1.165, 1.54) is 7.11 Å². The molecular weight excluding hydrogens is 320 g/mol. The molecule has 9 heteroatoms. The molecule has 24 heavy (non-hydrogen) atoms. The SMILES string of the molecule is COc1ccccc1CNC(=O)NC1[C@@H](O)[C@H](O)C(O)[C@H](O)[C@H]1O. The lowest BCUT2D eigenvalue weighted by Gasteiger charge is -2.41. The van der Waals surface area contributed by atoms with E-state index in [4.69, 9.17) is 4.74 Å². The summed E-state index contributed by atoms with van der Waals surface area (Å²) in [5, 5.41) is 53.3. The van der Waals surface area contributed by atoms with E-state index in [1.54, 1.807) is 24.3 Å². The van der Waals surface area contributed by atoms with Crippen molar-refractivity contribution in [3.05, 3.63) is 29.8 Å². The van der Waals surface area contributed by atoms with Crippen LogP contribution < -0.4 is 15.4 Å². The van der Waals surface area contributed by atoms with E-state index in [0.29, 0.717) is 5.75 Å². The van der Waals surface area contributed by atoms with Crippen molar-refractivity contribution in [1.82, 2.24) is 10.6 Å². The number of para-hydroxylation sites is 1. The average molecular weight is 342 g/mol. The zero-order valence-corrected chi connectivity index (χ0v) is 13.0. The van der Waals surface area contributed by atoms with Crippen LogP contribution in [0.5, 0.6) is 5.75 Å². The number of benzene rings is 1. The van der Waals surface area contributed by atoms with Crippen LogP contribution in [0.1, 0.15) is 5.56 Å². The third kappa shape index (κ3) is 3.77. The lowest BCUT2D eigenvalue weighted by Crippen LogP contribution is -2.68. The molecule has 9 nitrogen and oxygen atoms in total. The van der Waals surface area contributed by atoms with Crippen LogP contribution in [-0.2, 0) is 6.54 Å². The van der Waals surface area contributed by atoms with E-state index in [1.807, 2.05) is 0 Å². The Morgan fingerprint density at radius 2 is 1.54 bits per heavy atom. The van der Waals surface area contributed by atoms with Crippen LogP contribution in [0.25, 0.3) is 0 Å². The molecule has 1 aromatic carbocycles. The van der Waals surface area contributed by atoms with E-state index >= 15 is 0 Å². The van der Waals surface area contributed by atoms with Crippen LogP contribution in [0.15, 0.2) is 24.3 Å². The second-order valence-electron chi connectivity index (χ2n) is 5.62. The van der Waals surface area contributed by atoms with Crippen LogP contribution in [0.2, 0.25) is 0 Å². The van der Waals surface area contributed by atoms with Gasteiger partial charge in [0.25, 0.3) is 0 Å². The van der Waals surface area contributed by atoms with Crippen LogP contribution in [0.3, 0.4) is 0 Å². The number of carbonyl (C=O) groups excluding carboxylic acids is 1. The maximum atomic E-state index is 12.0. The van der Waals surface area contributed by atoms with Crippen molar-refractivity contribution in [2.45, 2.75) is 43.1 Å². The molecule has 1 aliphatic carbocycles. The maximum absolute atomic E-state index is 12.0. The molecule has 1 fully saturated rings. The number of rotatable bonds is 4. The smallest absolute Gasteiger partial charge is 0.315 e. The monoisotopic (exact) mass is 342 g/mol. The minimum absolute atomic E-state index is 0.127. The van der Waals surface area contributed by atoms with E-state index in [2.05, 4.69) is 10.6 Å². The lowest BCUT2D eigenvalue weighted by atomic mass is 9.83. The number of aliphatic hydroxyl groups is 5. The Bertz CT molecular complexity index is 555. The quantitative estimate of drug-likeness (QED) is 0.324. The molecule has 0 aliphatic heterocycles. The highest BCUT2D eigenvalue weighted by Gasteiger charge is 2.48. The first kappa shape index (κ1) is 18.4. The number of ether oxygens (including phenoxy) is 1. The van der Waals surface area contributed by atoms with E-state index in [-0.39, 0.29) is 6.54 Å². The third-order valence-electron chi connectivity index (χ3n) is 4.07. The maximum Gasteiger partial charge on any atom is 0.315 e. The summed E-state index contributed by atoms with van der Waals surface area (Å²) in [6.45, 7) is 0.127. The Hall–Kier alpha value is -1.91. The summed E-state index contributed by atoms with van der Waals surface area (Å²) >= 11 is 0. The van der Waals surface area contributed by atoms with Crippen molar-refractivity contribution in [2.24, 2.45) is 0 Å². The topological polar surface area (TPSA) is 152 Å². The highest BCUT2D eigenvalue weighted by atomic mass is 16.5. The van der Waals surface area contributed by atoms with Gasteiger partial charge in [-0.25, -0.2) is 4.79 Å². The van der Waals surface area contributed by atoms with Crippen LogP contribution in [-0.4, -0.2) is 75.2 Å². The Labute approximate surface area is 138 Å². The van der Waals surface area contributed by atoms with Gasteiger partial charge >= 0.3 is 6.03 Å². The van der Waals surface area contributed by atoms with Crippen molar-refractivity contribution in [1.29, 1.82) is 0 Å². The van der Waals surface area contributed by atoms with Crippen LogP contribution in [0.4, 0.5) is 4.79 Å². The van der Waals surface area contributed by atoms with Gasteiger partial charge in [0.05, 0.1) is 13.2 Å². The molecule has 1 aromatic rings. The van der Waals surface area contributed by atoms with Gasteiger partial charge in [-0.2, -0.15) is 0 Å². The van der Waals surface area contributed by atoms with E-state index in [0.717, 1.165) is 5.56 Å². The number of urea groups is 1. The number of nitrogens with one attached hydrogen (secondary N) is 2. The second-order valence-corrected chi connectivity index (χ2v) is 5.62. The van der Waals surface area contributed by atoms with Crippen molar-refractivity contribution >= 4 is 6.03 Å². The summed E-state index contributed by atoms with van der Waals surface area (Å²) in [7, 11) is 1.50. The molecule has 2 rings (SSSR count). The fourth-order valence-corrected chi connectivity index (χ4v) is 2.63. The molecule has 6 atom stereocenters. The molecule has 0 radical (unpaired) electrons. The first-order chi connectivity index (χ1) is 11.4. The summed E-state index contributed by atoms with van der Waals surface area (Å²) in [6, 6.07) is 4.99. The minimum atomic E-state index is -1.70. The van der Waals surface area contributed by atoms with Gasteiger partial charge in [-0.15, -0.1) is 0 Å². The zero-order chi connectivity index (χ0) is 17.9. The third-order valence-corrected chi connectivity index (χ3v) is 4.07. The average Bonchev–Trinajstić information content (AvgIpc) is 2.60. The zero-order valence-electron chi connectivity index (χ0n) is 13.0. The number of hydrogen-bond donors (Lipinski definition) is 7. The first-order valence-corrected chi connectivity index (χ1v) is 7.43. The summed E-state index contributed by atoms with van der Waals surface area (Å²) in [6.07, 6.45) is -8.35. The highest BCUT2D eigenvalue weighted by Crippen LogP contribution is 2.21. The van der Waals surface area contributed by atoms with Gasteiger partial charge in [-0.1, -0.05) is 18.2 Å². The molecular formula is C15H22N2O7. The highest BCUT2D eigenvalue weighted by molar-refractivity contribution is 5.74. The summed E-state index contributed by atoms with van der Waals surface area (Å²) in [4.78, 5) is 12.0. The number of aliphatic hydroxyl groups excluding tert-OH is 5. The van der Waals surface area contributed by atoms with Crippen LogP contribution >= 0.6 is 0 Å². The van der Waals surface area contributed by atoms with Gasteiger partial charge in [-0.05, 0) is 6.07 Å². The Balaban J connectivity index is 1.96. The van der Waals surface area contributed by atoms with Gasteiger partial charge in [0, 0.05) is 12.1 Å². The summed E-state index contributed by atoms with van der Waals surface area (Å²) in [5.41, 5.74) is 0.718. The largest absolute Gasteiger partial charge is 0.496 e. The number of amides is 2. The Morgan fingerprint density at radius 3 is 2.12 bits per heavy atom. The van der Waals surface area contributed by atoms with E-state index < -0.39 is 42.6 Å². The molecule has 0 bridgehead atoms. The predicted octanol–water partition coefficient (Wildman–Crippen LogP) is -2.32. The molecule has 0 saturated heterocycles. The van der Waals surface area contributed by atoms with Gasteiger partial charge in [-0.3, -0.25) is 0 Å². The number of methoxy groups -OCH3 is 1. The first-order valence-electron chi connectivity index (χ1n) is 7.43. The molecule has 1 saturated carbocycles. The number of hydrogen-bond acceptors (Lipinski definition) is 7. The molecule has 2 unspecified atom stereocenters. The van der Waals surface area contributed by atoms with Gasteiger partial charge < -0.3 is 40.9 Å². The molecule has 134 valence electrons. The molecule has 1 aliphatic rings. The summed E-state index contributed by atoms with van der Waals surface area (Å²) in [5.74, 6) is 0.588. The second kappa shape index (κ2) is 7.77.